The fourth-order valence-corrected chi connectivity index (χ4v) is 2.88. The van der Waals surface area contributed by atoms with Gasteiger partial charge in [0.25, 0.3) is 5.92 Å². The number of rotatable bonds is 5. The number of hydrogen-bond acceptors (Lipinski definition) is 3. The molecule has 1 aliphatic heterocycles. The van der Waals surface area contributed by atoms with Crippen LogP contribution < -0.4 is 14.8 Å². The Morgan fingerprint density at radius 1 is 1.19 bits per heavy atom. The molecule has 2 rings (SSSR count). The molecule has 1 aromatic rings. The van der Waals surface area contributed by atoms with Crippen LogP contribution in [-0.4, -0.2) is 27.3 Å². The maximum atomic E-state index is 13.8. The molecule has 1 aliphatic rings. The van der Waals surface area contributed by atoms with Crippen LogP contribution in [0.5, 0.6) is 11.5 Å². The van der Waals surface area contributed by atoms with Crippen LogP contribution in [0.15, 0.2) is 12.1 Å². The zero-order valence-corrected chi connectivity index (χ0v) is 12.8. The molecule has 0 aromatic heterocycles. The minimum Gasteiger partial charge on any atom is -0.493 e. The molecule has 0 radical (unpaired) electrons. The number of ether oxygens (including phenoxy) is 2. The number of halogens is 2. The molecule has 1 fully saturated rings. The van der Waals surface area contributed by atoms with Crippen molar-refractivity contribution in [3.05, 3.63) is 23.3 Å². The molecule has 0 spiro atoms. The van der Waals surface area contributed by atoms with Crippen LogP contribution in [0.3, 0.4) is 0 Å². The smallest absolute Gasteiger partial charge is 0.274 e. The van der Waals surface area contributed by atoms with Gasteiger partial charge in [0.05, 0.1) is 19.8 Å². The van der Waals surface area contributed by atoms with Gasteiger partial charge in [-0.15, -0.1) is 0 Å². The summed E-state index contributed by atoms with van der Waals surface area (Å²) in [6.07, 6.45) is 2.95. The van der Waals surface area contributed by atoms with Gasteiger partial charge in [-0.05, 0) is 56.0 Å². The first-order valence-electron chi connectivity index (χ1n) is 7.29. The van der Waals surface area contributed by atoms with Gasteiger partial charge in [-0.3, -0.25) is 0 Å². The second-order valence-corrected chi connectivity index (χ2v) is 5.66. The van der Waals surface area contributed by atoms with Gasteiger partial charge < -0.3 is 14.8 Å². The van der Waals surface area contributed by atoms with E-state index < -0.39 is 5.92 Å². The highest BCUT2D eigenvalue weighted by molar-refractivity contribution is 5.51. The number of hydrogen-bond donors (Lipinski definition) is 1. The summed E-state index contributed by atoms with van der Waals surface area (Å²) in [6.45, 7) is 2.88. The molecular weight excluding hydrogens is 276 g/mol. The molecule has 1 aromatic carbocycles. The van der Waals surface area contributed by atoms with Gasteiger partial charge in [-0.25, -0.2) is 8.78 Å². The lowest BCUT2D eigenvalue weighted by Crippen LogP contribution is -2.28. The molecule has 0 bridgehead atoms. The molecule has 118 valence electrons. The third kappa shape index (κ3) is 3.84. The average molecular weight is 299 g/mol. The van der Waals surface area contributed by atoms with E-state index in [4.69, 9.17) is 9.47 Å². The third-order valence-corrected chi connectivity index (χ3v) is 3.99. The van der Waals surface area contributed by atoms with Gasteiger partial charge >= 0.3 is 0 Å². The van der Waals surface area contributed by atoms with Crippen molar-refractivity contribution in [1.82, 2.24) is 5.32 Å². The number of piperidine rings is 1. The summed E-state index contributed by atoms with van der Waals surface area (Å²) in [6, 6.07) is 3.37. The van der Waals surface area contributed by atoms with Crippen molar-refractivity contribution >= 4 is 0 Å². The van der Waals surface area contributed by atoms with Gasteiger partial charge in [-0.1, -0.05) is 0 Å². The van der Waals surface area contributed by atoms with Crippen molar-refractivity contribution in [2.45, 2.75) is 32.1 Å². The Labute approximate surface area is 124 Å². The molecule has 0 aliphatic carbocycles. The summed E-state index contributed by atoms with van der Waals surface area (Å²) in [7, 11) is 2.86. The van der Waals surface area contributed by atoms with Crippen molar-refractivity contribution in [2.75, 3.05) is 27.3 Å². The van der Waals surface area contributed by atoms with Crippen LogP contribution in [0.2, 0.25) is 0 Å². The van der Waals surface area contributed by atoms with E-state index in [0.29, 0.717) is 11.7 Å². The first-order chi connectivity index (χ1) is 9.95. The summed E-state index contributed by atoms with van der Waals surface area (Å²) in [5.74, 6) is -1.93. The molecule has 1 saturated heterocycles. The Bertz CT molecular complexity index is 480. The van der Waals surface area contributed by atoms with Crippen LogP contribution >= 0.6 is 0 Å². The predicted octanol–water partition coefficient (Wildman–Crippen LogP) is 3.36. The quantitative estimate of drug-likeness (QED) is 0.904. The lowest BCUT2D eigenvalue weighted by Gasteiger charge is -2.24. The van der Waals surface area contributed by atoms with Gasteiger partial charge in [0.2, 0.25) is 0 Å². The summed E-state index contributed by atoms with van der Waals surface area (Å²) >= 11 is 0. The maximum absolute atomic E-state index is 13.8. The fraction of sp³-hybridized carbons (Fsp3) is 0.625. The molecule has 21 heavy (non-hydrogen) atoms. The zero-order chi connectivity index (χ0) is 15.5. The Hall–Kier alpha value is -1.36. The first kappa shape index (κ1) is 16.0. The largest absolute Gasteiger partial charge is 0.493 e. The lowest BCUT2D eigenvalue weighted by molar-refractivity contribution is 0.0146. The Balaban J connectivity index is 2.33. The monoisotopic (exact) mass is 299 g/mol. The molecule has 1 heterocycles. The SMILES string of the molecule is COc1cc(CC2CCNCC2)cc(C(C)(F)F)c1OC. The van der Waals surface area contributed by atoms with Crippen molar-refractivity contribution in [3.63, 3.8) is 0 Å². The molecule has 0 amide bonds. The van der Waals surface area contributed by atoms with Crippen molar-refractivity contribution in [2.24, 2.45) is 5.92 Å². The van der Waals surface area contributed by atoms with E-state index >= 15 is 0 Å². The Morgan fingerprint density at radius 3 is 2.38 bits per heavy atom. The van der Waals surface area contributed by atoms with Crippen LogP contribution in [-0.2, 0) is 12.3 Å². The first-order valence-corrected chi connectivity index (χ1v) is 7.29. The van der Waals surface area contributed by atoms with E-state index in [1.165, 1.54) is 14.2 Å². The maximum Gasteiger partial charge on any atom is 0.274 e. The zero-order valence-electron chi connectivity index (χ0n) is 12.8. The second kappa shape index (κ2) is 6.60. The minimum atomic E-state index is -2.96. The molecule has 0 saturated carbocycles. The van der Waals surface area contributed by atoms with Crippen molar-refractivity contribution < 1.29 is 18.3 Å². The summed E-state index contributed by atoms with van der Waals surface area (Å²) in [5, 5.41) is 3.31. The summed E-state index contributed by atoms with van der Waals surface area (Å²) in [4.78, 5) is 0. The van der Waals surface area contributed by atoms with Gasteiger partial charge in [0.1, 0.15) is 0 Å². The van der Waals surface area contributed by atoms with Crippen LogP contribution in [0.4, 0.5) is 8.78 Å². The van der Waals surface area contributed by atoms with E-state index in [9.17, 15) is 8.78 Å². The highest BCUT2D eigenvalue weighted by Crippen LogP contribution is 2.42. The van der Waals surface area contributed by atoms with E-state index in [-0.39, 0.29) is 11.3 Å². The predicted molar refractivity (Wildman–Crippen MR) is 78.4 cm³/mol. The Kier molecular flexibility index (Phi) is 5.04. The summed E-state index contributed by atoms with van der Waals surface area (Å²) in [5.41, 5.74) is 0.782. The van der Waals surface area contributed by atoms with E-state index in [1.54, 1.807) is 6.07 Å². The Morgan fingerprint density at radius 2 is 1.86 bits per heavy atom. The van der Waals surface area contributed by atoms with Crippen LogP contribution in [0, 0.1) is 5.92 Å². The lowest BCUT2D eigenvalue weighted by atomic mass is 9.89. The topological polar surface area (TPSA) is 30.5 Å². The number of alkyl halides is 2. The number of nitrogens with one attached hydrogen (secondary N) is 1. The number of methoxy groups -OCH3 is 2. The molecule has 0 unspecified atom stereocenters. The number of benzene rings is 1. The molecule has 5 heteroatoms. The third-order valence-electron chi connectivity index (χ3n) is 3.99. The van der Waals surface area contributed by atoms with E-state index in [1.807, 2.05) is 6.07 Å². The van der Waals surface area contributed by atoms with Crippen molar-refractivity contribution in [1.29, 1.82) is 0 Å². The molecular formula is C16H23F2NO2. The molecule has 3 nitrogen and oxygen atoms in total. The van der Waals surface area contributed by atoms with Gasteiger partial charge in [-0.2, -0.15) is 0 Å². The highest BCUT2D eigenvalue weighted by Gasteiger charge is 2.31. The van der Waals surface area contributed by atoms with Gasteiger partial charge in [0, 0.05) is 6.92 Å². The fourth-order valence-electron chi connectivity index (χ4n) is 2.88. The van der Waals surface area contributed by atoms with E-state index in [0.717, 1.165) is 44.8 Å². The highest BCUT2D eigenvalue weighted by atomic mass is 19.3. The van der Waals surface area contributed by atoms with Gasteiger partial charge in [0.15, 0.2) is 11.5 Å². The minimum absolute atomic E-state index is 0.103. The molecule has 1 N–H and O–H groups in total. The van der Waals surface area contributed by atoms with Crippen molar-refractivity contribution in [3.8, 4) is 11.5 Å². The average Bonchev–Trinajstić information content (AvgIpc) is 2.46. The van der Waals surface area contributed by atoms with Crippen LogP contribution in [0.1, 0.15) is 30.9 Å². The second-order valence-electron chi connectivity index (χ2n) is 5.66. The normalized spacial score (nSPS) is 16.8. The van der Waals surface area contributed by atoms with E-state index in [2.05, 4.69) is 5.32 Å². The summed E-state index contributed by atoms with van der Waals surface area (Å²) < 4.78 is 38.0. The standard InChI is InChI=1S/C16H23F2NO2/c1-16(17,18)13-9-12(8-11-4-6-19-7-5-11)10-14(20-2)15(13)21-3/h9-11,19H,4-8H2,1-3H3. The molecule has 0 atom stereocenters. The van der Waals surface area contributed by atoms with Crippen LogP contribution in [0.25, 0.3) is 0 Å².